The van der Waals surface area contributed by atoms with Crippen LogP contribution in [0.4, 0.5) is 10.1 Å². The summed E-state index contributed by atoms with van der Waals surface area (Å²) in [6, 6.07) is 15.2. The highest BCUT2D eigenvalue weighted by Gasteiger charge is 2.21. The van der Waals surface area contributed by atoms with Crippen molar-refractivity contribution < 1.29 is 23.5 Å². The fraction of sp³-hybridized carbons (Fsp3) is 0.217. The van der Waals surface area contributed by atoms with Gasteiger partial charge in [-0.2, -0.15) is 5.26 Å². The highest BCUT2D eigenvalue weighted by atomic mass is 32.1. The number of hydrogen-bond donors (Lipinski definition) is 0. The van der Waals surface area contributed by atoms with E-state index in [1.807, 2.05) is 37.3 Å². The van der Waals surface area contributed by atoms with E-state index in [1.54, 1.807) is 6.07 Å². The number of nitrogens with zero attached hydrogens (tertiary/aromatic N) is 3. The molecule has 1 heterocycles. The van der Waals surface area contributed by atoms with Crippen molar-refractivity contribution in [3.8, 4) is 11.8 Å². The van der Waals surface area contributed by atoms with Crippen LogP contribution in [-0.2, 0) is 16.1 Å². The molecule has 32 heavy (non-hydrogen) atoms. The molecular weight excluding hydrogens is 433 g/mol. The Labute approximate surface area is 188 Å². The average Bonchev–Trinajstić information content (AvgIpc) is 3.27. The second kappa shape index (κ2) is 11.0. The zero-order valence-corrected chi connectivity index (χ0v) is 18.1. The Morgan fingerprint density at radius 1 is 1.19 bits per heavy atom. The maximum absolute atomic E-state index is 14.1. The molecule has 3 aromatic rings. The van der Waals surface area contributed by atoms with Gasteiger partial charge in [0.25, 0.3) is 5.91 Å². The smallest absolute Gasteiger partial charge is 0.358 e. The summed E-state index contributed by atoms with van der Waals surface area (Å²) in [6.07, 6.45) is 0.00441. The Morgan fingerprint density at radius 2 is 1.94 bits per heavy atom. The summed E-state index contributed by atoms with van der Waals surface area (Å²) < 4.78 is 24.8. The number of aromatic nitrogens is 1. The number of esters is 1. The van der Waals surface area contributed by atoms with E-state index in [-0.39, 0.29) is 31.0 Å². The summed E-state index contributed by atoms with van der Waals surface area (Å²) in [5.74, 6) is -1.34. The molecule has 0 saturated heterocycles. The molecule has 0 saturated carbocycles. The number of aryl methyl sites for hydroxylation is 1. The lowest BCUT2D eigenvalue weighted by Crippen LogP contribution is -2.36. The second-order valence-electron chi connectivity index (χ2n) is 6.71. The normalized spacial score (nSPS) is 10.3. The van der Waals surface area contributed by atoms with Crippen molar-refractivity contribution in [1.29, 1.82) is 5.26 Å². The first-order valence-corrected chi connectivity index (χ1v) is 10.6. The Bertz CT molecular complexity index is 1120. The summed E-state index contributed by atoms with van der Waals surface area (Å²) in [6.45, 7) is 1.54. The number of carbonyl (C=O) groups is 2. The molecule has 0 bridgehead atoms. The molecule has 164 valence electrons. The van der Waals surface area contributed by atoms with Crippen molar-refractivity contribution in [3.05, 3.63) is 76.0 Å². The molecule has 0 fully saturated rings. The fourth-order valence-corrected chi connectivity index (χ4v) is 3.42. The maximum Gasteiger partial charge on any atom is 0.358 e. The van der Waals surface area contributed by atoms with Crippen molar-refractivity contribution in [2.45, 2.75) is 20.0 Å². The van der Waals surface area contributed by atoms with Crippen LogP contribution < -0.4 is 9.64 Å². The third-order valence-corrected chi connectivity index (χ3v) is 5.18. The zero-order chi connectivity index (χ0) is 22.9. The summed E-state index contributed by atoms with van der Waals surface area (Å²) in [7, 11) is 0. The molecule has 1 aromatic heterocycles. The van der Waals surface area contributed by atoms with Crippen molar-refractivity contribution in [1.82, 2.24) is 4.98 Å². The Balaban J connectivity index is 1.57. The first-order valence-electron chi connectivity index (χ1n) is 9.70. The Kier molecular flexibility index (Phi) is 7.89. The molecule has 0 N–H and O–H groups in total. The van der Waals surface area contributed by atoms with E-state index in [4.69, 9.17) is 14.7 Å². The number of benzene rings is 2. The van der Waals surface area contributed by atoms with Crippen LogP contribution >= 0.6 is 11.3 Å². The highest BCUT2D eigenvalue weighted by molar-refractivity contribution is 7.09. The summed E-state index contributed by atoms with van der Waals surface area (Å²) >= 11 is 1.23. The molecular formula is C23H20FN3O4S. The van der Waals surface area contributed by atoms with Gasteiger partial charge < -0.3 is 14.4 Å². The number of hydrogen-bond acceptors (Lipinski definition) is 7. The highest BCUT2D eigenvalue weighted by Crippen LogP contribution is 2.20. The van der Waals surface area contributed by atoms with Crippen LogP contribution in [0.2, 0.25) is 0 Å². The van der Waals surface area contributed by atoms with Crippen LogP contribution in [-0.4, -0.2) is 30.0 Å². The minimum atomic E-state index is -0.773. The third kappa shape index (κ3) is 6.12. The molecule has 0 aliphatic heterocycles. The summed E-state index contributed by atoms with van der Waals surface area (Å²) in [5, 5.41) is 10.9. The summed E-state index contributed by atoms with van der Waals surface area (Å²) in [5.41, 5.74) is 1.19. The Hall–Kier alpha value is -3.77. The van der Waals surface area contributed by atoms with Gasteiger partial charge in [0.2, 0.25) is 0 Å². The van der Waals surface area contributed by atoms with Gasteiger partial charge in [0.05, 0.1) is 18.2 Å². The third-order valence-electron chi connectivity index (χ3n) is 4.36. The van der Waals surface area contributed by atoms with Crippen LogP contribution in [0.3, 0.4) is 0 Å². The van der Waals surface area contributed by atoms with Gasteiger partial charge in [-0.15, -0.1) is 11.3 Å². The van der Waals surface area contributed by atoms with Crippen LogP contribution in [0, 0.1) is 24.1 Å². The standard InChI is InChI=1S/C23H20FN3O4S/c1-16-7-9-17(10-8-16)30-13-21-26-19(15-32-21)23(29)31-14-22(28)27(12-4-11-25)20-6-3-2-5-18(20)24/h2-3,5-10,15H,4,12-14H2,1H3. The van der Waals surface area contributed by atoms with Gasteiger partial charge in [-0.1, -0.05) is 29.8 Å². The van der Waals surface area contributed by atoms with Gasteiger partial charge in [0.15, 0.2) is 12.3 Å². The molecule has 0 spiro atoms. The van der Waals surface area contributed by atoms with E-state index in [1.165, 1.54) is 34.9 Å². The first kappa shape index (κ1) is 22.9. The number of para-hydroxylation sites is 1. The SMILES string of the molecule is Cc1ccc(OCc2nc(C(=O)OCC(=O)N(CCC#N)c3ccccc3F)cs2)cc1. The van der Waals surface area contributed by atoms with Crippen molar-refractivity contribution >= 4 is 28.9 Å². The lowest BCUT2D eigenvalue weighted by molar-refractivity contribution is -0.121. The van der Waals surface area contributed by atoms with Gasteiger partial charge in [-0.05, 0) is 31.2 Å². The van der Waals surface area contributed by atoms with Gasteiger partial charge in [-0.25, -0.2) is 14.2 Å². The minimum Gasteiger partial charge on any atom is -0.486 e. The lowest BCUT2D eigenvalue weighted by atomic mass is 10.2. The van der Waals surface area contributed by atoms with E-state index >= 15 is 0 Å². The molecule has 2 aromatic carbocycles. The largest absolute Gasteiger partial charge is 0.486 e. The predicted octanol–water partition coefficient (Wildman–Crippen LogP) is 4.27. The summed E-state index contributed by atoms with van der Waals surface area (Å²) in [4.78, 5) is 30.1. The second-order valence-corrected chi connectivity index (χ2v) is 7.65. The zero-order valence-electron chi connectivity index (χ0n) is 17.3. The quantitative estimate of drug-likeness (QED) is 0.449. The van der Waals surface area contributed by atoms with Crippen molar-refractivity contribution in [3.63, 3.8) is 0 Å². The molecule has 9 heteroatoms. The van der Waals surface area contributed by atoms with E-state index in [0.29, 0.717) is 10.8 Å². The first-order chi connectivity index (χ1) is 15.5. The van der Waals surface area contributed by atoms with E-state index in [9.17, 15) is 14.0 Å². The van der Waals surface area contributed by atoms with Gasteiger partial charge in [0.1, 0.15) is 23.2 Å². The topological polar surface area (TPSA) is 92.5 Å². The number of nitriles is 1. The van der Waals surface area contributed by atoms with Gasteiger partial charge >= 0.3 is 5.97 Å². The molecule has 0 radical (unpaired) electrons. The van der Waals surface area contributed by atoms with Crippen LogP contribution in [0.1, 0.15) is 27.5 Å². The van der Waals surface area contributed by atoms with Gasteiger partial charge in [0, 0.05) is 11.9 Å². The average molecular weight is 453 g/mol. The molecule has 0 aliphatic carbocycles. The monoisotopic (exact) mass is 453 g/mol. The van der Waals surface area contributed by atoms with E-state index in [2.05, 4.69) is 4.98 Å². The number of thiazole rings is 1. The van der Waals surface area contributed by atoms with E-state index < -0.39 is 24.3 Å². The number of ether oxygens (including phenoxy) is 2. The van der Waals surface area contributed by atoms with Crippen LogP contribution in [0.25, 0.3) is 0 Å². The van der Waals surface area contributed by atoms with E-state index in [0.717, 1.165) is 10.5 Å². The number of halogens is 1. The number of anilines is 1. The number of rotatable bonds is 9. The van der Waals surface area contributed by atoms with Crippen molar-refractivity contribution in [2.24, 2.45) is 0 Å². The van der Waals surface area contributed by atoms with Crippen LogP contribution in [0.15, 0.2) is 53.9 Å². The lowest BCUT2D eigenvalue weighted by Gasteiger charge is -2.22. The Morgan fingerprint density at radius 3 is 2.66 bits per heavy atom. The van der Waals surface area contributed by atoms with Crippen LogP contribution in [0.5, 0.6) is 5.75 Å². The van der Waals surface area contributed by atoms with Crippen molar-refractivity contribution in [2.75, 3.05) is 18.1 Å². The molecule has 0 atom stereocenters. The number of carbonyl (C=O) groups excluding carboxylic acids is 2. The predicted molar refractivity (Wildman–Crippen MR) is 117 cm³/mol. The molecule has 7 nitrogen and oxygen atoms in total. The number of amides is 1. The maximum atomic E-state index is 14.1. The molecule has 3 rings (SSSR count). The van der Waals surface area contributed by atoms with Gasteiger partial charge in [-0.3, -0.25) is 4.79 Å². The molecule has 1 amide bonds. The minimum absolute atomic E-state index is 0.00441. The fourth-order valence-electron chi connectivity index (χ4n) is 2.74. The molecule has 0 unspecified atom stereocenters. The molecule has 0 aliphatic rings.